The van der Waals surface area contributed by atoms with E-state index in [4.69, 9.17) is 26.4 Å². The van der Waals surface area contributed by atoms with Gasteiger partial charge in [-0.2, -0.15) is 0 Å². The van der Waals surface area contributed by atoms with Crippen LogP contribution in [0.2, 0.25) is 0 Å². The van der Waals surface area contributed by atoms with Crippen molar-refractivity contribution in [1.82, 2.24) is 4.90 Å². The van der Waals surface area contributed by atoms with E-state index in [1.807, 2.05) is 43.3 Å². The second-order valence-electron chi connectivity index (χ2n) is 6.37. The fourth-order valence-corrected chi connectivity index (χ4v) is 3.56. The van der Waals surface area contributed by atoms with Gasteiger partial charge >= 0.3 is 0 Å². The molecule has 0 aliphatic carbocycles. The Hall–Kier alpha value is -2.67. The van der Waals surface area contributed by atoms with Gasteiger partial charge in [-0.15, -0.1) is 0 Å². The van der Waals surface area contributed by atoms with Crippen molar-refractivity contribution in [2.45, 2.75) is 6.92 Å². The molecule has 1 aliphatic heterocycles. The topological polar surface area (TPSA) is 46.2 Å². The molecule has 1 heterocycles. The summed E-state index contributed by atoms with van der Waals surface area (Å²) in [6, 6.07) is 13.9. The number of anilines is 2. The Morgan fingerprint density at radius 3 is 2.36 bits per heavy atom. The summed E-state index contributed by atoms with van der Waals surface area (Å²) in [5.74, 6) is 2.30. The van der Waals surface area contributed by atoms with Crippen LogP contribution < -0.4 is 24.4 Å². The van der Waals surface area contributed by atoms with Gasteiger partial charge in [-0.3, -0.25) is 0 Å². The van der Waals surface area contributed by atoms with Gasteiger partial charge in [0.25, 0.3) is 0 Å². The zero-order valence-electron chi connectivity index (χ0n) is 16.6. The standard InChI is InChI=1S/C21H27N3O3S/c1-4-27-18-8-6-5-7-17(18)23-11-13-24(14-12-23)21(28)22-16-9-10-19(25-2)20(15-16)26-3/h5-10,15H,4,11-14H2,1-3H3,(H,22,28). The van der Waals surface area contributed by atoms with E-state index < -0.39 is 0 Å². The largest absolute Gasteiger partial charge is 0.493 e. The van der Waals surface area contributed by atoms with Crippen molar-refractivity contribution in [2.24, 2.45) is 0 Å². The highest BCUT2D eigenvalue weighted by Crippen LogP contribution is 2.31. The van der Waals surface area contributed by atoms with E-state index >= 15 is 0 Å². The summed E-state index contributed by atoms with van der Waals surface area (Å²) in [6.45, 7) is 6.14. The minimum atomic E-state index is 0.663. The molecule has 7 heteroatoms. The monoisotopic (exact) mass is 401 g/mol. The number of nitrogens with zero attached hydrogens (tertiary/aromatic N) is 2. The molecular formula is C21H27N3O3S. The Balaban J connectivity index is 1.60. The smallest absolute Gasteiger partial charge is 0.173 e. The molecule has 3 rings (SSSR count). The molecule has 2 aromatic rings. The summed E-state index contributed by atoms with van der Waals surface area (Å²) in [7, 11) is 3.25. The number of hydrogen-bond acceptors (Lipinski definition) is 5. The lowest BCUT2D eigenvalue weighted by Crippen LogP contribution is -2.50. The minimum Gasteiger partial charge on any atom is -0.493 e. The average molecular weight is 402 g/mol. The molecule has 0 amide bonds. The number of piperazine rings is 1. The van der Waals surface area contributed by atoms with Crippen LogP contribution in [0, 0.1) is 0 Å². The van der Waals surface area contributed by atoms with Crippen molar-refractivity contribution in [3.63, 3.8) is 0 Å². The lowest BCUT2D eigenvalue weighted by Gasteiger charge is -2.38. The molecule has 1 saturated heterocycles. The van der Waals surface area contributed by atoms with Gasteiger partial charge in [0, 0.05) is 37.9 Å². The molecule has 150 valence electrons. The lowest BCUT2D eigenvalue weighted by atomic mass is 10.2. The van der Waals surface area contributed by atoms with Crippen molar-refractivity contribution in [1.29, 1.82) is 0 Å². The van der Waals surface area contributed by atoms with E-state index in [-0.39, 0.29) is 0 Å². The molecule has 0 unspecified atom stereocenters. The third-order valence-electron chi connectivity index (χ3n) is 4.71. The highest BCUT2D eigenvalue weighted by Gasteiger charge is 2.21. The number of nitrogens with one attached hydrogen (secondary N) is 1. The van der Waals surface area contributed by atoms with E-state index in [9.17, 15) is 0 Å². The average Bonchev–Trinajstić information content (AvgIpc) is 2.74. The van der Waals surface area contributed by atoms with E-state index in [2.05, 4.69) is 21.2 Å². The maximum Gasteiger partial charge on any atom is 0.173 e. The maximum atomic E-state index is 5.77. The molecule has 0 aromatic heterocycles. The van der Waals surface area contributed by atoms with Crippen molar-refractivity contribution in [3.05, 3.63) is 42.5 Å². The van der Waals surface area contributed by atoms with Gasteiger partial charge in [-0.1, -0.05) is 12.1 Å². The van der Waals surface area contributed by atoms with Crippen molar-refractivity contribution in [2.75, 3.05) is 57.2 Å². The van der Waals surface area contributed by atoms with E-state index in [0.717, 1.165) is 43.3 Å². The first-order chi connectivity index (χ1) is 13.7. The molecular weight excluding hydrogens is 374 g/mol. The Morgan fingerprint density at radius 2 is 1.68 bits per heavy atom. The Morgan fingerprint density at radius 1 is 0.964 bits per heavy atom. The molecule has 0 radical (unpaired) electrons. The molecule has 0 bridgehead atoms. The number of benzene rings is 2. The fraction of sp³-hybridized carbons (Fsp3) is 0.381. The SMILES string of the molecule is CCOc1ccccc1N1CCN(C(=S)Nc2ccc(OC)c(OC)c2)CC1. The normalized spacial score (nSPS) is 13.8. The van der Waals surface area contributed by atoms with E-state index in [1.54, 1.807) is 14.2 Å². The molecule has 6 nitrogen and oxygen atoms in total. The third-order valence-corrected chi connectivity index (χ3v) is 5.07. The fourth-order valence-electron chi connectivity index (χ4n) is 3.26. The number of hydrogen-bond donors (Lipinski definition) is 1. The first-order valence-electron chi connectivity index (χ1n) is 9.41. The van der Waals surface area contributed by atoms with Crippen molar-refractivity contribution < 1.29 is 14.2 Å². The van der Waals surface area contributed by atoms with Crippen LogP contribution >= 0.6 is 12.2 Å². The summed E-state index contributed by atoms with van der Waals surface area (Å²) in [5, 5.41) is 4.02. The second kappa shape index (κ2) is 9.50. The zero-order valence-corrected chi connectivity index (χ0v) is 17.4. The molecule has 0 spiro atoms. The summed E-state index contributed by atoms with van der Waals surface area (Å²) in [6.07, 6.45) is 0. The van der Waals surface area contributed by atoms with Crippen LogP contribution in [-0.4, -0.2) is 57.0 Å². The predicted octanol–water partition coefficient (Wildman–Crippen LogP) is 3.62. The first kappa shape index (κ1) is 20.1. The van der Waals surface area contributed by atoms with Gasteiger partial charge in [-0.25, -0.2) is 0 Å². The van der Waals surface area contributed by atoms with E-state index in [0.29, 0.717) is 23.2 Å². The minimum absolute atomic E-state index is 0.663. The molecule has 2 aromatic carbocycles. The number of methoxy groups -OCH3 is 2. The van der Waals surface area contributed by atoms with E-state index in [1.165, 1.54) is 0 Å². The lowest BCUT2D eigenvalue weighted by molar-refractivity contribution is 0.336. The molecule has 1 fully saturated rings. The van der Waals surface area contributed by atoms with Gasteiger partial charge in [0.15, 0.2) is 16.6 Å². The van der Waals surface area contributed by atoms with Gasteiger partial charge in [0.05, 0.1) is 26.5 Å². The summed E-state index contributed by atoms with van der Waals surface area (Å²) in [4.78, 5) is 4.53. The Labute approximate surface area is 172 Å². The van der Waals surface area contributed by atoms with Crippen LogP contribution in [0.5, 0.6) is 17.2 Å². The predicted molar refractivity (Wildman–Crippen MR) is 117 cm³/mol. The molecule has 1 N–H and O–H groups in total. The summed E-state index contributed by atoms with van der Waals surface area (Å²) in [5.41, 5.74) is 2.02. The van der Waals surface area contributed by atoms with Crippen LogP contribution in [-0.2, 0) is 0 Å². The van der Waals surface area contributed by atoms with Crippen molar-refractivity contribution in [3.8, 4) is 17.2 Å². The summed E-state index contributed by atoms with van der Waals surface area (Å²) >= 11 is 5.62. The second-order valence-corrected chi connectivity index (χ2v) is 6.76. The first-order valence-corrected chi connectivity index (χ1v) is 9.81. The van der Waals surface area contributed by atoms with Gasteiger partial charge < -0.3 is 29.3 Å². The Bertz CT molecular complexity index is 807. The quantitative estimate of drug-likeness (QED) is 0.742. The van der Waals surface area contributed by atoms with Gasteiger partial charge in [-0.05, 0) is 43.4 Å². The van der Waals surface area contributed by atoms with Gasteiger partial charge in [0.1, 0.15) is 5.75 Å². The van der Waals surface area contributed by atoms with Crippen molar-refractivity contribution >= 4 is 28.7 Å². The van der Waals surface area contributed by atoms with Crippen LogP contribution in [0.4, 0.5) is 11.4 Å². The van der Waals surface area contributed by atoms with Crippen LogP contribution in [0.3, 0.4) is 0 Å². The molecule has 1 aliphatic rings. The van der Waals surface area contributed by atoms with Crippen LogP contribution in [0.15, 0.2) is 42.5 Å². The van der Waals surface area contributed by atoms with Crippen LogP contribution in [0.25, 0.3) is 0 Å². The third kappa shape index (κ3) is 4.59. The maximum absolute atomic E-state index is 5.77. The Kier molecular flexibility index (Phi) is 6.81. The highest BCUT2D eigenvalue weighted by atomic mass is 32.1. The number of para-hydroxylation sites is 2. The molecule has 28 heavy (non-hydrogen) atoms. The van der Waals surface area contributed by atoms with Crippen LogP contribution in [0.1, 0.15) is 6.92 Å². The highest BCUT2D eigenvalue weighted by molar-refractivity contribution is 7.80. The van der Waals surface area contributed by atoms with Gasteiger partial charge in [0.2, 0.25) is 0 Å². The molecule has 0 atom stereocenters. The number of rotatable bonds is 6. The zero-order chi connectivity index (χ0) is 19.9. The number of ether oxygens (including phenoxy) is 3. The summed E-state index contributed by atoms with van der Waals surface area (Å²) < 4.78 is 16.4. The molecule has 0 saturated carbocycles. The number of thiocarbonyl (C=S) groups is 1.